The molecule has 0 bridgehead atoms. The van der Waals surface area contributed by atoms with Gasteiger partial charge in [-0.1, -0.05) is 17.7 Å². The molecule has 0 unspecified atom stereocenters. The molecule has 4 nitrogen and oxygen atoms in total. The zero-order valence-electron chi connectivity index (χ0n) is 10.1. The number of halogens is 1. The number of aliphatic imine (C=N–C) groups is 1. The van der Waals surface area contributed by atoms with Crippen LogP contribution in [0.2, 0.25) is 5.02 Å². The molecule has 3 N–H and O–H groups in total. The summed E-state index contributed by atoms with van der Waals surface area (Å²) in [6.07, 6.45) is 0. The summed E-state index contributed by atoms with van der Waals surface area (Å²) >= 11 is 5.94. The molecule has 0 fully saturated rings. The summed E-state index contributed by atoms with van der Waals surface area (Å²) in [5, 5.41) is 3.86. The first-order chi connectivity index (χ1) is 9.20. The Kier molecular flexibility index (Phi) is 3.01. The second-order valence-electron chi connectivity index (χ2n) is 4.21. The molecule has 0 aromatic heterocycles. The van der Waals surface area contributed by atoms with Crippen LogP contribution >= 0.6 is 11.6 Å². The molecular weight excluding hydrogens is 262 g/mol. The number of hydrogen-bond donors (Lipinski definition) is 2. The summed E-state index contributed by atoms with van der Waals surface area (Å²) in [7, 11) is 0. The van der Waals surface area contributed by atoms with Crippen molar-refractivity contribution in [3.63, 3.8) is 0 Å². The third kappa shape index (κ3) is 2.63. The highest BCUT2D eigenvalue weighted by atomic mass is 35.5. The van der Waals surface area contributed by atoms with Crippen molar-refractivity contribution in [3.8, 4) is 5.75 Å². The normalized spacial score (nSPS) is 13.2. The summed E-state index contributed by atoms with van der Waals surface area (Å²) in [6, 6.07) is 12.9. The topological polar surface area (TPSA) is 59.6 Å². The van der Waals surface area contributed by atoms with Crippen molar-refractivity contribution in [1.82, 2.24) is 0 Å². The number of nitrogens with one attached hydrogen (secondary N) is 1. The third-order valence-corrected chi connectivity index (χ3v) is 2.95. The summed E-state index contributed by atoms with van der Waals surface area (Å²) in [5.41, 5.74) is 8.02. The van der Waals surface area contributed by atoms with Gasteiger partial charge in [-0.3, -0.25) is 0 Å². The SMILES string of the molecule is Nc1ccc2c(c1)OCC(Nc1cccc(Cl)c1)=N2. The number of anilines is 2. The maximum Gasteiger partial charge on any atom is 0.147 e. The molecule has 0 saturated carbocycles. The number of fused-ring (bicyclic) bond motifs is 1. The molecule has 5 heteroatoms. The molecule has 0 spiro atoms. The molecule has 1 heterocycles. The number of ether oxygens (including phenoxy) is 1. The molecule has 3 rings (SSSR count). The van der Waals surface area contributed by atoms with Crippen molar-refractivity contribution in [2.75, 3.05) is 17.7 Å². The number of nitrogen functional groups attached to an aromatic ring is 1. The van der Waals surface area contributed by atoms with Gasteiger partial charge in [0.25, 0.3) is 0 Å². The van der Waals surface area contributed by atoms with Gasteiger partial charge in [0.15, 0.2) is 0 Å². The molecule has 0 saturated heterocycles. The molecule has 1 aliphatic heterocycles. The highest BCUT2D eigenvalue weighted by molar-refractivity contribution is 6.30. The van der Waals surface area contributed by atoms with Crippen LogP contribution in [-0.4, -0.2) is 12.4 Å². The van der Waals surface area contributed by atoms with Crippen molar-refractivity contribution in [3.05, 3.63) is 47.5 Å². The number of rotatable bonds is 1. The van der Waals surface area contributed by atoms with Crippen LogP contribution in [0.3, 0.4) is 0 Å². The van der Waals surface area contributed by atoms with Gasteiger partial charge in [-0.25, -0.2) is 4.99 Å². The Morgan fingerprint density at radius 3 is 2.95 bits per heavy atom. The van der Waals surface area contributed by atoms with E-state index in [0.717, 1.165) is 17.2 Å². The van der Waals surface area contributed by atoms with Gasteiger partial charge in [0.2, 0.25) is 0 Å². The van der Waals surface area contributed by atoms with E-state index in [0.29, 0.717) is 23.1 Å². The fourth-order valence-electron chi connectivity index (χ4n) is 1.86. The predicted octanol–water partition coefficient (Wildman–Crippen LogP) is 3.46. The maximum atomic E-state index is 5.94. The number of nitrogens with two attached hydrogens (primary N) is 1. The monoisotopic (exact) mass is 273 g/mol. The lowest BCUT2D eigenvalue weighted by molar-refractivity contribution is 0.372. The van der Waals surface area contributed by atoms with E-state index in [9.17, 15) is 0 Å². The number of amidine groups is 1. The average molecular weight is 274 g/mol. The van der Waals surface area contributed by atoms with E-state index in [4.69, 9.17) is 22.1 Å². The van der Waals surface area contributed by atoms with Crippen LogP contribution in [0.5, 0.6) is 5.75 Å². The Balaban J connectivity index is 1.85. The van der Waals surface area contributed by atoms with Gasteiger partial charge in [-0.05, 0) is 30.3 Å². The van der Waals surface area contributed by atoms with Crippen LogP contribution in [0, 0.1) is 0 Å². The van der Waals surface area contributed by atoms with E-state index in [1.165, 1.54) is 0 Å². The molecule has 0 aliphatic carbocycles. The first-order valence-electron chi connectivity index (χ1n) is 5.83. The maximum absolute atomic E-state index is 5.94. The summed E-state index contributed by atoms with van der Waals surface area (Å²) in [6.45, 7) is 0.378. The molecule has 96 valence electrons. The second kappa shape index (κ2) is 4.82. The molecule has 0 amide bonds. The highest BCUT2D eigenvalue weighted by Gasteiger charge is 2.13. The third-order valence-electron chi connectivity index (χ3n) is 2.72. The standard InChI is InChI=1S/C14H12ClN3O/c15-9-2-1-3-11(6-9)17-14-8-19-13-7-10(16)4-5-12(13)18-14/h1-7H,8,16H2,(H,17,18). The van der Waals surface area contributed by atoms with Gasteiger partial charge in [0.05, 0.1) is 0 Å². The smallest absolute Gasteiger partial charge is 0.147 e. The average Bonchev–Trinajstić information content (AvgIpc) is 2.39. The van der Waals surface area contributed by atoms with Crippen molar-refractivity contribution in [2.45, 2.75) is 0 Å². The highest BCUT2D eigenvalue weighted by Crippen LogP contribution is 2.32. The molecular formula is C14H12ClN3O. The fraction of sp³-hybridized carbons (Fsp3) is 0.0714. The Labute approximate surface area is 115 Å². The second-order valence-corrected chi connectivity index (χ2v) is 4.65. The lowest BCUT2D eigenvalue weighted by Crippen LogP contribution is -2.23. The molecule has 19 heavy (non-hydrogen) atoms. The van der Waals surface area contributed by atoms with E-state index >= 15 is 0 Å². The predicted molar refractivity (Wildman–Crippen MR) is 78.5 cm³/mol. The van der Waals surface area contributed by atoms with Gasteiger partial charge in [-0.15, -0.1) is 0 Å². The first kappa shape index (κ1) is 11.9. The van der Waals surface area contributed by atoms with Crippen molar-refractivity contribution >= 4 is 34.5 Å². The Hall–Kier alpha value is -2.20. The molecule has 2 aromatic rings. The van der Waals surface area contributed by atoms with Crippen LogP contribution in [0.25, 0.3) is 0 Å². The Bertz CT molecular complexity index is 655. The van der Waals surface area contributed by atoms with E-state index in [2.05, 4.69) is 10.3 Å². The van der Waals surface area contributed by atoms with Crippen molar-refractivity contribution in [2.24, 2.45) is 4.99 Å². The number of benzene rings is 2. The molecule has 1 aliphatic rings. The van der Waals surface area contributed by atoms with Crippen molar-refractivity contribution in [1.29, 1.82) is 0 Å². The quantitative estimate of drug-likeness (QED) is 0.782. The molecule has 2 aromatic carbocycles. The molecule has 0 atom stereocenters. The van der Waals surface area contributed by atoms with Crippen LogP contribution < -0.4 is 15.8 Å². The zero-order valence-corrected chi connectivity index (χ0v) is 10.8. The van der Waals surface area contributed by atoms with E-state index in [1.807, 2.05) is 30.3 Å². The van der Waals surface area contributed by atoms with Gasteiger partial charge in [0.1, 0.15) is 23.9 Å². The zero-order chi connectivity index (χ0) is 13.2. The summed E-state index contributed by atoms with van der Waals surface area (Å²) in [4.78, 5) is 4.49. The largest absolute Gasteiger partial charge is 0.483 e. The molecule has 0 radical (unpaired) electrons. The van der Waals surface area contributed by atoms with Crippen LogP contribution in [0.1, 0.15) is 0 Å². The van der Waals surface area contributed by atoms with Crippen LogP contribution in [0.4, 0.5) is 17.1 Å². The summed E-state index contributed by atoms with van der Waals surface area (Å²) < 4.78 is 5.61. The van der Waals surface area contributed by atoms with Gasteiger partial charge in [-0.2, -0.15) is 0 Å². The number of nitrogens with zero attached hydrogens (tertiary/aromatic N) is 1. The minimum absolute atomic E-state index is 0.378. The van der Waals surface area contributed by atoms with Gasteiger partial charge in [0, 0.05) is 22.5 Å². The van der Waals surface area contributed by atoms with E-state index < -0.39 is 0 Å². The lowest BCUT2D eigenvalue weighted by atomic mass is 10.2. The van der Waals surface area contributed by atoms with Crippen LogP contribution in [-0.2, 0) is 0 Å². The minimum Gasteiger partial charge on any atom is -0.483 e. The summed E-state index contributed by atoms with van der Waals surface area (Å²) in [5.74, 6) is 1.44. The first-order valence-corrected chi connectivity index (χ1v) is 6.21. The minimum atomic E-state index is 0.378. The fourth-order valence-corrected chi connectivity index (χ4v) is 2.05. The van der Waals surface area contributed by atoms with Crippen molar-refractivity contribution < 1.29 is 4.74 Å². The Morgan fingerprint density at radius 1 is 1.21 bits per heavy atom. The Morgan fingerprint density at radius 2 is 2.11 bits per heavy atom. The lowest BCUT2D eigenvalue weighted by Gasteiger charge is -2.18. The van der Waals surface area contributed by atoms with E-state index in [-0.39, 0.29) is 0 Å². The van der Waals surface area contributed by atoms with Crippen LogP contribution in [0.15, 0.2) is 47.5 Å². The van der Waals surface area contributed by atoms with Gasteiger partial charge >= 0.3 is 0 Å². The van der Waals surface area contributed by atoms with Gasteiger partial charge < -0.3 is 15.8 Å². The van der Waals surface area contributed by atoms with E-state index in [1.54, 1.807) is 12.1 Å². The number of hydrogen-bond acceptors (Lipinski definition) is 4.